The number of carbonyl (C=O) groups excluding carboxylic acids is 1. The summed E-state index contributed by atoms with van der Waals surface area (Å²) in [5.74, 6) is -1.28. The zero-order valence-corrected chi connectivity index (χ0v) is 13.3. The zero-order chi connectivity index (χ0) is 15.9. The predicted molar refractivity (Wildman–Crippen MR) is 84.4 cm³/mol. The smallest absolute Gasteiger partial charge is 0.308 e. The fourth-order valence-corrected chi connectivity index (χ4v) is 3.85. The van der Waals surface area contributed by atoms with E-state index in [4.69, 9.17) is 23.2 Å². The molecule has 0 radical (unpaired) electrons. The molecule has 1 aromatic rings. The molecule has 3 unspecified atom stereocenters. The predicted octanol–water partition coefficient (Wildman–Crippen LogP) is 2.87. The molecule has 1 amide bonds. The van der Waals surface area contributed by atoms with Crippen LogP contribution in [0.5, 0.6) is 0 Å². The van der Waals surface area contributed by atoms with Crippen LogP contribution in [0.2, 0.25) is 10.0 Å². The minimum absolute atomic E-state index is 0.0259. The Bertz CT molecular complexity index is 623. The number of carboxylic acids is 1. The van der Waals surface area contributed by atoms with Crippen molar-refractivity contribution >= 4 is 40.8 Å². The topological polar surface area (TPSA) is 69.6 Å². The number of carboxylic acid groups (broad SMARTS) is 1. The number of nitrogens with zero attached hydrogens (tertiary/aromatic N) is 1. The van der Waals surface area contributed by atoms with Crippen molar-refractivity contribution in [2.75, 3.05) is 11.9 Å². The quantitative estimate of drug-likeness (QED) is 0.882. The van der Waals surface area contributed by atoms with Crippen LogP contribution in [0.25, 0.3) is 0 Å². The van der Waals surface area contributed by atoms with Gasteiger partial charge in [-0.15, -0.1) is 0 Å². The second-order valence-electron chi connectivity index (χ2n) is 5.83. The molecule has 2 bridgehead atoms. The number of rotatable bonds is 4. The molecule has 22 heavy (non-hydrogen) atoms. The van der Waals surface area contributed by atoms with Crippen molar-refractivity contribution < 1.29 is 14.7 Å². The second-order valence-corrected chi connectivity index (χ2v) is 6.64. The molecular formula is C15H16Cl2N2O3. The Hall–Kier alpha value is -1.30. The molecule has 3 atom stereocenters. The molecule has 0 aromatic heterocycles. The summed E-state index contributed by atoms with van der Waals surface area (Å²) in [6.07, 6.45) is 2.45. The SMILES string of the molecule is O=C(CN1C2CCC1C(C(=O)O)C2)Nc1ccc(Cl)c(Cl)c1. The second kappa shape index (κ2) is 6.07. The third-order valence-electron chi connectivity index (χ3n) is 4.53. The average molecular weight is 343 g/mol. The van der Waals surface area contributed by atoms with Crippen LogP contribution in [0.3, 0.4) is 0 Å². The van der Waals surface area contributed by atoms with Crippen LogP contribution in [-0.2, 0) is 9.59 Å². The molecule has 0 aliphatic carbocycles. The first-order valence-corrected chi connectivity index (χ1v) is 7.94. The number of hydrogen-bond donors (Lipinski definition) is 2. The molecule has 2 aliphatic rings. The lowest BCUT2D eigenvalue weighted by atomic mass is 9.89. The Balaban J connectivity index is 1.63. The number of hydrogen-bond acceptors (Lipinski definition) is 3. The van der Waals surface area contributed by atoms with E-state index < -0.39 is 5.97 Å². The fourth-order valence-electron chi connectivity index (χ4n) is 3.55. The maximum absolute atomic E-state index is 12.2. The van der Waals surface area contributed by atoms with E-state index >= 15 is 0 Å². The Morgan fingerprint density at radius 2 is 2.05 bits per heavy atom. The third-order valence-corrected chi connectivity index (χ3v) is 5.27. The highest BCUT2D eigenvalue weighted by Gasteiger charge is 2.49. The van der Waals surface area contributed by atoms with E-state index in [0.29, 0.717) is 22.2 Å². The minimum Gasteiger partial charge on any atom is -0.481 e. The normalized spacial score (nSPS) is 27.1. The molecule has 2 heterocycles. The molecule has 118 valence electrons. The summed E-state index contributed by atoms with van der Waals surface area (Å²) in [5, 5.41) is 12.8. The van der Waals surface area contributed by atoms with Gasteiger partial charge < -0.3 is 10.4 Å². The van der Waals surface area contributed by atoms with Gasteiger partial charge in [-0.25, -0.2) is 0 Å². The average Bonchev–Trinajstić information content (AvgIpc) is 3.00. The van der Waals surface area contributed by atoms with Crippen LogP contribution in [0.4, 0.5) is 5.69 Å². The molecule has 0 spiro atoms. The van der Waals surface area contributed by atoms with Crippen LogP contribution >= 0.6 is 23.2 Å². The summed E-state index contributed by atoms with van der Waals surface area (Å²) in [6.45, 7) is 0.208. The minimum atomic E-state index is -0.762. The summed E-state index contributed by atoms with van der Waals surface area (Å²) >= 11 is 11.8. The maximum Gasteiger partial charge on any atom is 0.308 e. The maximum atomic E-state index is 12.2. The van der Waals surface area contributed by atoms with Gasteiger partial charge in [0.15, 0.2) is 0 Å². The number of carbonyl (C=O) groups is 2. The Morgan fingerprint density at radius 1 is 1.27 bits per heavy atom. The van der Waals surface area contributed by atoms with E-state index in [1.54, 1.807) is 18.2 Å². The first-order chi connectivity index (χ1) is 10.5. The highest BCUT2D eigenvalue weighted by Crippen LogP contribution is 2.41. The summed E-state index contributed by atoms with van der Waals surface area (Å²) < 4.78 is 0. The zero-order valence-electron chi connectivity index (χ0n) is 11.8. The number of benzene rings is 1. The van der Waals surface area contributed by atoms with Crippen LogP contribution in [0, 0.1) is 5.92 Å². The van der Waals surface area contributed by atoms with Gasteiger partial charge in [0.25, 0.3) is 0 Å². The van der Waals surface area contributed by atoms with Gasteiger partial charge >= 0.3 is 5.97 Å². The van der Waals surface area contributed by atoms with E-state index in [1.807, 2.05) is 4.90 Å². The number of fused-ring (bicyclic) bond motifs is 2. The van der Waals surface area contributed by atoms with E-state index in [9.17, 15) is 14.7 Å². The summed E-state index contributed by atoms with van der Waals surface area (Å²) in [5.41, 5.74) is 0.584. The lowest BCUT2D eigenvalue weighted by molar-refractivity contribution is -0.142. The lowest BCUT2D eigenvalue weighted by Gasteiger charge is -2.22. The first kappa shape index (κ1) is 15.6. The van der Waals surface area contributed by atoms with Crippen molar-refractivity contribution in [3.63, 3.8) is 0 Å². The van der Waals surface area contributed by atoms with E-state index in [2.05, 4.69) is 5.32 Å². The van der Waals surface area contributed by atoms with Crippen LogP contribution in [0.1, 0.15) is 19.3 Å². The monoisotopic (exact) mass is 342 g/mol. The van der Waals surface area contributed by atoms with Gasteiger partial charge in [-0.2, -0.15) is 0 Å². The molecule has 7 heteroatoms. The van der Waals surface area contributed by atoms with Crippen LogP contribution in [-0.4, -0.2) is 40.5 Å². The molecule has 2 N–H and O–H groups in total. The van der Waals surface area contributed by atoms with E-state index in [1.165, 1.54) is 0 Å². The molecule has 2 aliphatic heterocycles. The van der Waals surface area contributed by atoms with Crippen molar-refractivity contribution in [2.45, 2.75) is 31.3 Å². The van der Waals surface area contributed by atoms with Gasteiger partial charge in [0, 0.05) is 17.8 Å². The number of amides is 1. The lowest BCUT2D eigenvalue weighted by Crippen LogP contribution is -2.38. The largest absolute Gasteiger partial charge is 0.481 e. The van der Waals surface area contributed by atoms with E-state index in [-0.39, 0.29) is 30.5 Å². The van der Waals surface area contributed by atoms with Crippen molar-refractivity contribution in [3.8, 4) is 0 Å². The molecule has 1 aromatic carbocycles. The standard InChI is InChI=1S/C15H16Cl2N2O3/c16-11-3-1-8(5-12(11)17)18-14(20)7-19-9-2-4-13(19)10(6-9)15(21)22/h1,3,5,9-10,13H,2,4,6-7H2,(H,18,20)(H,21,22). The first-order valence-electron chi connectivity index (χ1n) is 7.19. The molecular weight excluding hydrogens is 327 g/mol. The molecule has 0 saturated carbocycles. The van der Waals surface area contributed by atoms with Gasteiger partial charge in [0.2, 0.25) is 5.91 Å². The van der Waals surface area contributed by atoms with Crippen LogP contribution in [0.15, 0.2) is 18.2 Å². The number of halogens is 2. The van der Waals surface area contributed by atoms with Gasteiger partial charge in [-0.05, 0) is 37.5 Å². The van der Waals surface area contributed by atoms with Gasteiger partial charge in [0.1, 0.15) is 0 Å². The number of aliphatic carboxylic acids is 1. The van der Waals surface area contributed by atoms with Gasteiger partial charge in [0.05, 0.1) is 22.5 Å². The number of nitrogens with one attached hydrogen (secondary N) is 1. The van der Waals surface area contributed by atoms with Crippen molar-refractivity contribution in [2.24, 2.45) is 5.92 Å². The van der Waals surface area contributed by atoms with E-state index in [0.717, 1.165) is 12.8 Å². The Morgan fingerprint density at radius 3 is 2.68 bits per heavy atom. The van der Waals surface area contributed by atoms with Gasteiger partial charge in [-0.1, -0.05) is 23.2 Å². The fraction of sp³-hybridized carbons (Fsp3) is 0.467. The summed E-state index contributed by atoms with van der Waals surface area (Å²) in [4.78, 5) is 25.4. The van der Waals surface area contributed by atoms with Crippen molar-refractivity contribution in [3.05, 3.63) is 28.2 Å². The molecule has 2 saturated heterocycles. The Labute approximate surface area is 138 Å². The highest BCUT2D eigenvalue weighted by atomic mass is 35.5. The van der Waals surface area contributed by atoms with Gasteiger partial charge in [-0.3, -0.25) is 14.5 Å². The summed E-state index contributed by atoms with van der Waals surface area (Å²) in [7, 11) is 0. The third kappa shape index (κ3) is 2.93. The van der Waals surface area contributed by atoms with Crippen LogP contribution < -0.4 is 5.32 Å². The molecule has 3 rings (SSSR count). The Kier molecular flexibility index (Phi) is 4.30. The highest BCUT2D eigenvalue weighted by molar-refractivity contribution is 6.42. The summed E-state index contributed by atoms with van der Waals surface area (Å²) in [6, 6.07) is 5.08. The molecule has 5 nitrogen and oxygen atoms in total. The van der Waals surface area contributed by atoms with Crippen molar-refractivity contribution in [1.29, 1.82) is 0 Å². The number of anilines is 1. The molecule has 2 fully saturated rings. The van der Waals surface area contributed by atoms with Crippen molar-refractivity contribution in [1.82, 2.24) is 4.90 Å².